The van der Waals surface area contributed by atoms with Crippen molar-refractivity contribution >= 4 is 65.9 Å². The summed E-state index contributed by atoms with van der Waals surface area (Å²) in [5.74, 6) is -0.831. The number of hydrogen-bond acceptors (Lipinski definition) is 7. The van der Waals surface area contributed by atoms with E-state index in [2.05, 4.69) is 10.1 Å². The summed E-state index contributed by atoms with van der Waals surface area (Å²) in [6.07, 6.45) is 1.38. The van der Waals surface area contributed by atoms with E-state index in [-0.39, 0.29) is 10.1 Å². The van der Waals surface area contributed by atoms with E-state index < -0.39 is 16.6 Å². The number of halogens is 1. The summed E-state index contributed by atoms with van der Waals surface area (Å²) in [4.78, 5) is 28.9. The normalized spacial score (nSPS) is 11.4. The van der Waals surface area contributed by atoms with Gasteiger partial charge in [0.25, 0.3) is 5.91 Å². The third-order valence-corrected chi connectivity index (χ3v) is 6.77. The third kappa shape index (κ3) is 4.21. The van der Waals surface area contributed by atoms with Gasteiger partial charge in [-0.3, -0.25) is 14.9 Å². The number of thiazole rings is 1. The van der Waals surface area contributed by atoms with Gasteiger partial charge in [-0.25, -0.2) is 9.37 Å². The van der Waals surface area contributed by atoms with E-state index in [1.807, 2.05) is 30.3 Å². The number of amides is 1. The molecule has 5 aromatic rings. The number of nitro groups is 1. The molecule has 10 heteroatoms. The Morgan fingerprint density at radius 1 is 1.03 bits per heavy atom. The summed E-state index contributed by atoms with van der Waals surface area (Å²) in [6, 6.07) is 20.1. The van der Waals surface area contributed by atoms with Crippen LogP contribution in [0.15, 0.2) is 77.9 Å². The lowest BCUT2D eigenvalue weighted by Crippen LogP contribution is -2.25. The van der Waals surface area contributed by atoms with Crippen molar-refractivity contribution in [1.29, 1.82) is 0 Å². The molecule has 3 aromatic carbocycles. The van der Waals surface area contributed by atoms with Gasteiger partial charge in [0.05, 0.1) is 26.2 Å². The highest BCUT2D eigenvalue weighted by Crippen LogP contribution is 2.31. The van der Waals surface area contributed by atoms with Crippen molar-refractivity contribution in [2.24, 2.45) is 5.10 Å². The van der Waals surface area contributed by atoms with Crippen molar-refractivity contribution in [3.05, 3.63) is 99.2 Å². The molecule has 5 rings (SSSR count). The lowest BCUT2D eigenvalue weighted by Gasteiger charge is -2.14. The van der Waals surface area contributed by atoms with Crippen LogP contribution in [-0.4, -0.2) is 22.0 Å². The van der Waals surface area contributed by atoms with Gasteiger partial charge in [0.1, 0.15) is 5.82 Å². The Morgan fingerprint density at radius 3 is 2.64 bits per heavy atom. The van der Waals surface area contributed by atoms with E-state index in [9.17, 15) is 19.3 Å². The Kier molecular flexibility index (Phi) is 5.37. The molecule has 0 fully saturated rings. The number of nitrogens with zero attached hydrogens (tertiary/aromatic N) is 4. The Hall–Kier alpha value is -4.02. The largest absolute Gasteiger partial charge is 0.324 e. The maximum atomic E-state index is 13.7. The van der Waals surface area contributed by atoms with E-state index in [0.717, 1.165) is 38.5 Å². The molecule has 0 saturated heterocycles. The molecule has 0 unspecified atom stereocenters. The van der Waals surface area contributed by atoms with Gasteiger partial charge in [0.15, 0.2) is 0 Å². The van der Waals surface area contributed by atoms with Crippen molar-refractivity contribution in [1.82, 2.24) is 4.98 Å². The summed E-state index contributed by atoms with van der Waals surface area (Å²) in [6.45, 7) is 0. The van der Waals surface area contributed by atoms with Gasteiger partial charge in [-0.15, -0.1) is 0 Å². The number of thiophene rings is 1. The second-order valence-corrected chi connectivity index (χ2v) is 9.07. The van der Waals surface area contributed by atoms with Gasteiger partial charge in [-0.2, -0.15) is 10.1 Å². The summed E-state index contributed by atoms with van der Waals surface area (Å²) in [5, 5.41) is 18.5. The molecular formula is C23H13FN4O3S2. The molecule has 0 spiro atoms. The van der Waals surface area contributed by atoms with Crippen LogP contribution in [0.4, 0.5) is 14.5 Å². The zero-order valence-corrected chi connectivity index (χ0v) is 18.3. The second-order valence-electron chi connectivity index (χ2n) is 6.97. The SMILES string of the molecule is O=C(c1ccc2ccccc2c1)N(/N=C/c1ccc([N+](=O)[O-])s1)c1nc2ccc(F)cc2s1. The summed E-state index contributed by atoms with van der Waals surface area (Å²) in [7, 11) is 0. The van der Waals surface area contributed by atoms with Crippen molar-refractivity contribution < 1.29 is 14.1 Å². The van der Waals surface area contributed by atoms with Crippen LogP contribution in [-0.2, 0) is 0 Å². The number of aromatic nitrogens is 1. The Labute approximate surface area is 194 Å². The van der Waals surface area contributed by atoms with Crippen LogP contribution >= 0.6 is 22.7 Å². The first-order chi connectivity index (χ1) is 16.0. The highest BCUT2D eigenvalue weighted by Gasteiger charge is 2.22. The van der Waals surface area contributed by atoms with Crippen molar-refractivity contribution in [2.75, 3.05) is 5.01 Å². The molecule has 0 atom stereocenters. The van der Waals surface area contributed by atoms with Crippen LogP contribution in [0.2, 0.25) is 0 Å². The zero-order valence-electron chi connectivity index (χ0n) is 16.7. The van der Waals surface area contributed by atoms with E-state index >= 15 is 0 Å². The first-order valence-electron chi connectivity index (χ1n) is 9.65. The van der Waals surface area contributed by atoms with Crippen molar-refractivity contribution in [2.45, 2.75) is 0 Å². The first kappa shape index (κ1) is 20.9. The summed E-state index contributed by atoms with van der Waals surface area (Å²) < 4.78 is 14.2. The third-order valence-electron chi connectivity index (χ3n) is 4.80. The quantitative estimate of drug-likeness (QED) is 0.171. The predicted octanol–water partition coefficient (Wildman–Crippen LogP) is 6.24. The van der Waals surface area contributed by atoms with Gasteiger partial charge < -0.3 is 0 Å². The number of hydrogen-bond donors (Lipinski definition) is 0. The Morgan fingerprint density at radius 2 is 1.85 bits per heavy atom. The fourth-order valence-electron chi connectivity index (χ4n) is 3.23. The zero-order chi connectivity index (χ0) is 22.9. The van der Waals surface area contributed by atoms with Gasteiger partial charge in [0, 0.05) is 11.6 Å². The van der Waals surface area contributed by atoms with Gasteiger partial charge >= 0.3 is 5.00 Å². The molecule has 2 aromatic heterocycles. The first-order valence-corrected chi connectivity index (χ1v) is 11.3. The molecule has 0 aliphatic rings. The minimum absolute atomic E-state index is 0.0284. The van der Waals surface area contributed by atoms with Crippen LogP contribution in [0.25, 0.3) is 21.0 Å². The number of fused-ring (bicyclic) bond motifs is 2. The van der Waals surface area contributed by atoms with Crippen molar-refractivity contribution in [3.8, 4) is 0 Å². The number of hydrazone groups is 1. The maximum Gasteiger partial charge on any atom is 0.324 e. The molecule has 0 bridgehead atoms. The molecule has 0 N–H and O–H groups in total. The molecule has 0 radical (unpaired) electrons. The van der Waals surface area contributed by atoms with E-state index in [4.69, 9.17) is 0 Å². The average molecular weight is 477 g/mol. The molecule has 0 aliphatic heterocycles. The molecule has 1 amide bonds. The van der Waals surface area contributed by atoms with Crippen LogP contribution in [0.1, 0.15) is 15.2 Å². The molecule has 33 heavy (non-hydrogen) atoms. The lowest BCUT2D eigenvalue weighted by atomic mass is 10.1. The number of carbonyl (C=O) groups is 1. The highest BCUT2D eigenvalue weighted by molar-refractivity contribution is 7.22. The van der Waals surface area contributed by atoms with Crippen LogP contribution in [0.3, 0.4) is 0 Å². The molecule has 0 saturated carbocycles. The van der Waals surface area contributed by atoms with Crippen LogP contribution < -0.4 is 5.01 Å². The predicted molar refractivity (Wildman–Crippen MR) is 129 cm³/mol. The van der Waals surface area contributed by atoms with Crippen molar-refractivity contribution in [3.63, 3.8) is 0 Å². The minimum atomic E-state index is -0.484. The second kappa shape index (κ2) is 8.49. The summed E-state index contributed by atoms with van der Waals surface area (Å²) >= 11 is 2.07. The number of carbonyl (C=O) groups excluding carboxylic acids is 1. The molecular weight excluding hydrogens is 463 g/mol. The highest BCUT2D eigenvalue weighted by atomic mass is 32.1. The molecule has 7 nitrogen and oxygen atoms in total. The smallest absolute Gasteiger partial charge is 0.267 e. The maximum absolute atomic E-state index is 13.7. The fraction of sp³-hybridized carbons (Fsp3) is 0. The van der Waals surface area contributed by atoms with Crippen LogP contribution in [0, 0.1) is 15.9 Å². The van der Waals surface area contributed by atoms with Crippen LogP contribution in [0.5, 0.6) is 0 Å². The molecule has 0 aliphatic carbocycles. The molecule has 162 valence electrons. The van der Waals surface area contributed by atoms with Gasteiger partial charge in [-0.1, -0.05) is 53.0 Å². The Balaban J connectivity index is 1.57. The van der Waals surface area contributed by atoms with E-state index in [1.165, 1.54) is 30.5 Å². The summed E-state index contributed by atoms with van der Waals surface area (Å²) in [5.41, 5.74) is 0.933. The lowest BCUT2D eigenvalue weighted by molar-refractivity contribution is -0.380. The van der Waals surface area contributed by atoms with Gasteiger partial charge in [-0.05, 0) is 47.2 Å². The van der Waals surface area contributed by atoms with Gasteiger partial charge in [0.2, 0.25) is 5.13 Å². The van der Waals surface area contributed by atoms with E-state index in [1.54, 1.807) is 18.2 Å². The fourth-order valence-corrected chi connectivity index (χ4v) is 4.87. The number of anilines is 1. The average Bonchev–Trinajstić information content (AvgIpc) is 3.46. The Bertz CT molecular complexity index is 1560. The standard InChI is InChI=1S/C23H13FN4O3S2/c24-17-7-9-19-20(12-17)33-23(26-19)27(25-13-18-8-10-21(32-18)28(30)31)22(29)16-6-5-14-3-1-2-4-15(14)11-16/h1-13H/b25-13+. The number of rotatable bonds is 5. The monoisotopic (exact) mass is 476 g/mol. The molecule has 2 heterocycles. The number of benzene rings is 3. The van der Waals surface area contributed by atoms with E-state index in [0.29, 0.717) is 20.7 Å². The topological polar surface area (TPSA) is 88.7 Å². The minimum Gasteiger partial charge on any atom is -0.267 e.